The summed E-state index contributed by atoms with van der Waals surface area (Å²) in [5.74, 6) is 0.948. The molecule has 0 saturated carbocycles. The van der Waals surface area contributed by atoms with Gasteiger partial charge in [-0.15, -0.1) is 0 Å². The van der Waals surface area contributed by atoms with E-state index in [2.05, 4.69) is 5.32 Å². The van der Waals surface area contributed by atoms with Crippen molar-refractivity contribution in [1.29, 1.82) is 0 Å². The molecule has 3 atom stereocenters. The van der Waals surface area contributed by atoms with Gasteiger partial charge in [0.15, 0.2) is 6.10 Å². The van der Waals surface area contributed by atoms with Gasteiger partial charge in [-0.25, -0.2) is 4.79 Å². The van der Waals surface area contributed by atoms with E-state index in [0.717, 1.165) is 23.3 Å². The maximum Gasteiger partial charge on any atom is 0.344 e. The molecule has 7 nitrogen and oxygen atoms in total. The summed E-state index contributed by atoms with van der Waals surface area (Å²) in [5.41, 5.74) is 2.19. The molecule has 0 bridgehead atoms. The largest absolute Gasteiger partial charge is 0.491 e. The average molecular weight is 480 g/mol. The van der Waals surface area contributed by atoms with Gasteiger partial charge in [0, 0.05) is 12.6 Å². The SMILES string of the molecule is CC(Cc1ccc(OC(C)C(=O)O)cc1)NCC(O)COc1ccc(OCc2ccccc2)cc1. The van der Waals surface area contributed by atoms with Gasteiger partial charge in [-0.3, -0.25) is 0 Å². The number of carbonyl (C=O) groups is 1. The molecule has 0 aliphatic carbocycles. The third-order valence-corrected chi connectivity index (χ3v) is 5.34. The molecule has 0 saturated heterocycles. The Morgan fingerprint density at radius 3 is 2.06 bits per heavy atom. The number of benzene rings is 3. The van der Waals surface area contributed by atoms with Gasteiger partial charge in [0.1, 0.15) is 36.6 Å². The highest BCUT2D eigenvalue weighted by molar-refractivity contribution is 5.72. The summed E-state index contributed by atoms with van der Waals surface area (Å²) < 4.78 is 16.8. The molecule has 0 aromatic heterocycles. The Kier molecular flexibility index (Phi) is 9.95. The number of hydrogen-bond donors (Lipinski definition) is 3. The zero-order chi connectivity index (χ0) is 25.0. The van der Waals surface area contributed by atoms with Crippen molar-refractivity contribution in [3.05, 3.63) is 90.0 Å². The van der Waals surface area contributed by atoms with Crippen LogP contribution in [0.3, 0.4) is 0 Å². The molecular weight excluding hydrogens is 446 g/mol. The number of nitrogens with one attached hydrogen (secondary N) is 1. The van der Waals surface area contributed by atoms with E-state index < -0.39 is 18.2 Å². The molecule has 0 aliphatic rings. The Hall–Kier alpha value is -3.55. The lowest BCUT2D eigenvalue weighted by Crippen LogP contribution is -2.37. The number of aliphatic hydroxyl groups is 1. The summed E-state index contributed by atoms with van der Waals surface area (Å²) in [6.45, 7) is 4.62. The molecule has 0 aliphatic heterocycles. The van der Waals surface area contributed by atoms with Crippen LogP contribution < -0.4 is 19.5 Å². The summed E-state index contributed by atoms with van der Waals surface area (Å²) in [6.07, 6.45) is -0.789. The Labute approximate surface area is 206 Å². The van der Waals surface area contributed by atoms with E-state index in [-0.39, 0.29) is 12.6 Å². The van der Waals surface area contributed by atoms with Gasteiger partial charge in [-0.05, 0) is 67.8 Å². The maximum atomic E-state index is 10.9. The fraction of sp³-hybridized carbons (Fsp3) is 0.321. The standard InChI is InChI=1S/C28H33NO6/c1-20(16-22-8-10-27(11-9-22)35-21(2)28(31)32)29-17-24(30)19-34-26-14-12-25(13-15-26)33-18-23-6-4-3-5-7-23/h3-15,20-21,24,29-30H,16-19H2,1-2H3,(H,31,32). The van der Waals surface area contributed by atoms with Crippen LogP contribution in [0.25, 0.3) is 0 Å². The highest BCUT2D eigenvalue weighted by atomic mass is 16.5. The second-order valence-corrected chi connectivity index (χ2v) is 8.47. The first-order chi connectivity index (χ1) is 16.9. The van der Waals surface area contributed by atoms with Gasteiger partial charge in [0.05, 0.1) is 0 Å². The Bertz CT molecular complexity index is 1020. The quantitative estimate of drug-likeness (QED) is 0.321. The van der Waals surface area contributed by atoms with Crippen molar-refractivity contribution < 1.29 is 29.2 Å². The van der Waals surface area contributed by atoms with Gasteiger partial charge in [-0.2, -0.15) is 0 Å². The van der Waals surface area contributed by atoms with E-state index in [9.17, 15) is 9.90 Å². The predicted molar refractivity (Wildman–Crippen MR) is 134 cm³/mol. The van der Waals surface area contributed by atoms with Crippen molar-refractivity contribution in [2.24, 2.45) is 0 Å². The normalized spacial score (nSPS) is 13.5. The molecular formula is C28H33NO6. The van der Waals surface area contributed by atoms with Crippen LogP contribution in [0.15, 0.2) is 78.9 Å². The molecule has 186 valence electrons. The molecule has 0 heterocycles. The van der Waals surface area contributed by atoms with Crippen molar-refractivity contribution in [3.63, 3.8) is 0 Å². The molecule has 35 heavy (non-hydrogen) atoms. The molecule has 0 radical (unpaired) electrons. The Balaban J connectivity index is 1.33. The lowest BCUT2D eigenvalue weighted by atomic mass is 10.1. The van der Waals surface area contributed by atoms with Crippen LogP contribution in [0.1, 0.15) is 25.0 Å². The van der Waals surface area contributed by atoms with Gasteiger partial charge < -0.3 is 29.7 Å². The predicted octanol–water partition coefficient (Wildman–Crippen LogP) is 4.08. The van der Waals surface area contributed by atoms with Gasteiger partial charge >= 0.3 is 5.97 Å². The molecule has 3 aromatic carbocycles. The van der Waals surface area contributed by atoms with Crippen LogP contribution in [0, 0.1) is 0 Å². The zero-order valence-electron chi connectivity index (χ0n) is 20.1. The fourth-order valence-electron chi connectivity index (χ4n) is 3.35. The van der Waals surface area contributed by atoms with Crippen molar-refractivity contribution in [3.8, 4) is 17.2 Å². The topological polar surface area (TPSA) is 97.3 Å². The third kappa shape index (κ3) is 9.31. The summed E-state index contributed by atoms with van der Waals surface area (Å²) in [5, 5.41) is 22.5. The first-order valence-corrected chi connectivity index (χ1v) is 11.7. The van der Waals surface area contributed by atoms with Crippen molar-refractivity contribution in [2.45, 2.75) is 45.1 Å². The first kappa shape index (κ1) is 26.1. The van der Waals surface area contributed by atoms with E-state index in [4.69, 9.17) is 19.3 Å². The van der Waals surface area contributed by atoms with Crippen molar-refractivity contribution >= 4 is 5.97 Å². The van der Waals surface area contributed by atoms with Gasteiger partial charge in [-0.1, -0.05) is 42.5 Å². The summed E-state index contributed by atoms with van der Waals surface area (Å²) in [4.78, 5) is 10.9. The van der Waals surface area contributed by atoms with Crippen LogP contribution in [-0.2, 0) is 17.8 Å². The lowest BCUT2D eigenvalue weighted by Gasteiger charge is -2.18. The number of ether oxygens (including phenoxy) is 3. The van der Waals surface area contributed by atoms with Crippen LogP contribution in [0.5, 0.6) is 17.2 Å². The monoisotopic (exact) mass is 479 g/mol. The second-order valence-electron chi connectivity index (χ2n) is 8.47. The molecule has 3 N–H and O–H groups in total. The van der Waals surface area contributed by atoms with E-state index in [0.29, 0.717) is 24.7 Å². The highest BCUT2D eigenvalue weighted by Gasteiger charge is 2.13. The van der Waals surface area contributed by atoms with Crippen LogP contribution >= 0.6 is 0 Å². The van der Waals surface area contributed by atoms with Gasteiger partial charge in [0.2, 0.25) is 0 Å². The minimum atomic E-state index is -1.00. The number of carboxylic acid groups (broad SMARTS) is 1. The molecule has 7 heteroatoms. The second kappa shape index (κ2) is 13.4. The summed E-state index contributed by atoms with van der Waals surface area (Å²) in [7, 11) is 0. The molecule has 0 fully saturated rings. The molecule has 0 spiro atoms. The van der Waals surface area contributed by atoms with E-state index >= 15 is 0 Å². The summed E-state index contributed by atoms with van der Waals surface area (Å²) in [6, 6.07) is 24.8. The smallest absolute Gasteiger partial charge is 0.344 e. The molecule has 3 unspecified atom stereocenters. The molecule has 3 aromatic rings. The minimum Gasteiger partial charge on any atom is -0.491 e. The molecule has 0 amide bonds. The number of hydrogen-bond acceptors (Lipinski definition) is 6. The van der Waals surface area contributed by atoms with Crippen LogP contribution in [0.4, 0.5) is 0 Å². The summed E-state index contributed by atoms with van der Waals surface area (Å²) >= 11 is 0. The number of aliphatic carboxylic acids is 1. The van der Waals surface area contributed by atoms with Gasteiger partial charge in [0.25, 0.3) is 0 Å². The lowest BCUT2D eigenvalue weighted by molar-refractivity contribution is -0.144. The van der Waals surface area contributed by atoms with Crippen LogP contribution in [0.2, 0.25) is 0 Å². The van der Waals surface area contributed by atoms with E-state index in [1.54, 1.807) is 12.1 Å². The fourth-order valence-corrected chi connectivity index (χ4v) is 3.35. The van der Waals surface area contributed by atoms with E-state index in [1.807, 2.05) is 73.7 Å². The third-order valence-electron chi connectivity index (χ3n) is 5.34. The number of carboxylic acids is 1. The van der Waals surface area contributed by atoms with Crippen molar-refractivity contribution in [1.82, 2.24) is 5.32 Å². The number of aliphatic hydroxyl groups excluding tert-OH is 1. The number of rotatable bonds is 14. The Morgan fingerprint density at radius 1 is 0.829 bits per heavy atom. The highest BCUT2D eigenvalue weighted by Crippen LogP contribution is 2.19. The maximum absolute atomic E-state index is 10.9. The average Bonchev–Trinajstić information content (AvgIpc) is 2.87. The van der Waals surface area contributed by atoms with Crippen LogP contribution in [-0.4, -0.2) is 47.6 Å². The van der Waals surface area contributed by atoms with E-state index in [1.165, 1.54) is 6.92 Å². The minimum absolute atomic E-state index is 0.135. The Morgan fingerprint density at radius 2 is 1.43 bits per heavy atom. The first-order valence-electron chi connectivity index (χ1n) is 11.7. The molecule has 3 rings (SSSR count). The van der Waals surface area contributed by atoms with Crippen molar-refractivity contribution in [2.75, 3.05) is 13.2 Å². The zero-order valence-corrected chi connectivity index (χ0v) is 20.1.